The van der Waals surface area contributed by atoms with E-state index < -0.39 is 10.0 Å². The average Bonchev–Trinajstić information content (AvgIpc) is 2.91. The van der Waals surface area contributed by atoms with Gasteiger partial charge in [-0.15, -0.1) is 11.3 Å². The van der Waals surface area contributed by atoms with Gasteiger partial charge in [-0.25, -0.2) is 8.42 Å². The van der Waals surface area contributed by atoms with Gasteiger partial charge in [0.15, 0.2) is 0 Å². The van der Waals surface area contributed by atoms with Crippen LogP contribution in [-0.4, -0.2) is 19.3 Å². The summed E-state index contributed by atoms with van der Waals surface area (Å²) < 4.78 is 27.8. The molecule has 0 saturated carbocycles. The molecule has 3 rings (SSSR count). The van der Waals surface area contributed by atoms with Crippen molar-refractivity contribution in [3.63, 3.8) is 0 Å². The summed E-state index contributed by atoms with van der Waals surface area (Å²) in [5, 5.41) is 2.45. The van der Waals surface area contributed by atoms with Crippen molar-refractivity contribution in [2.24, 2.45) is 0 Å². The third-order valence-corrected chi connectivity index (χ3v) is 7.09. The van der Waals surface area contributed by atoms with Crippen molar-refractivity contribution in [1.82, 2.24) is 4.31 Å². The van der Waals surface area contributed by atoms with E-state index in [0.717, 1.165) is 30.6 Å². The monoisotopic (exact) mass is 355 g/mol. The molecule has 0 N–H and O–H groups in total. The molecule has 1 unspecified atom stereocenters. The van der Waals surface area contributed by atoms with Crippen molar-refractivity contribution < 1.29 is 8.42 Å². The molecule has 2 heterocycles. The molecule has 118 valence electrons. The second-order valence-corrected chi connectivity index (χ2v) is 8.76. The Labute approximate surface area is 140 Å². The molecule has 22 heavy (non-hydrogen) atoms. The first kappa shape index (κ1) is 16.0. The van der Waals surface area contributed by atoms with Crippen LogP contribution in [0.15, 0.2) is 46.7 Å². The Morgan fingerprint density at radius 1 is 1.14 bits per heavy atom. The summed E-state index contributed by atoms with van der Waals surface area (Å²) in [6.45, 7) is 0.567. The van der Waals surface area contributed by atoms with Gasteiger partial charge in [-0.2, -0.15) is 4.31 Å². The van der Waals surface area contributed by atoms with Gasteiger partial charge in [0, 0.05) is 16.4 Å². The minimum Gasteiger partial charge on any atom is -0.207 e. The Morgan fingerprint density at radius 3 is 2.73 bits per heavy atom. The highest BCUT2D eigenvalue weighted by atomic mass is 35.5. The highest BCUT2D eigenvalue weighted by Gasteiger charge is 2.33. The first-order valence-corrected chi connectivity index (χ1v) is 10.1. The van der Waals surface area contributed by atoms with Crippen LogP contribution in [-0.2, 0) is 10.0 Å². The van der Waals surface area contributed by atoms with Gasteiger partial charge in [-0.3, -0.25) is 0 Å². The molecule has 1 aromatic heterocycles. The number of hydrogen-bond acceptors (Lipinski definition) is 3. The molecule has 1 fully saturated rings. The molecule has 1 aliphatic rings. The van der Waals surface area contributed by atoms with E-state index in [4.69, 9.17) is 11.6 Å². The first-order valence-electron chi connectivity index (χ1n) is 7.40. The minimum atomic E-state index is -3.53. The van der Waals surface area contributed by atoms with Gasteiger partial charge < -0.3 is 0 Å². The number of thiophene rings is 1. The van der Waals surface area contributed by atoms with E-state index >= 15 is 0 Å². The van der Waals surface area contributed by atoms with E-state index in [1.54, 1.807) is 33.8 Å². The standard InChI is InChI=1S/C16H18ClNO2S2/c17-13-6-4-7-14(12-13)22(19,20)18-10-3-1-2-8-15(18)16-9-5-11-21-16/h4-7,9,11-12,15H,1-3,8,10H2. The summed E-state index contributed by atoms with van der Waals surface area (Å²) in [6, 6.07) is 10.5. The Hall–Kier alpha value is -0.880. The van der Waals surface area contributed by atoms with E-state index in [-0.39, 0.29) is 10.9 Å². The molecule has 0 spiro atoms. The number of rotatable bonds is 3. The van der Waals surface area contributed by atoms with Crippen LogP contribution in [0.3, 0.4) is 0 Å². The maximum absolute atomic E-state index is 13.1. The Kier molecular flexibility index (Phi) is 4.88. The van der Waals surface area contributed by atoms with Crippen LogP contribution in [0.25, 0.3) is 0 Å². The lowest BCUT2D eigenvalue weighted by Crippen LogP contribution is -2.34. The van der Waals surface area contributed by atoms with Crippen molar-refractivity contribution in [3.05, 3.63) is 51.7 Å². The van der Waals surface area contributed by atoms with Crippen molar-refractivity contribution >= 4 is 33.0 Å². The van der Waals surface area contributed by atoms with Crippen molar-refractivity contribution in [3.8, 4) is 0 Å². The summed E-state index contributed by atoms with van der Waals surface area (Å²) in [5.41, 5.74) is 0. The molecule has 3 nitrogen and oxygen atoms in total. The predicted octanol–water partition coefficient (Wildman–Crippen LogP) is 4.71. The summed E-state index contributed by atoms with van der Waals surface area (Å²) >= 11 is 7.60. The molecule has 1 atom stereocenters. The number of halogens is 1. The average molecular weight is 356 g/mol. The van der Waals surface area contributed by atoms with Crippen molar-refractivity contribution in [2.75, 3.05) is 6.54 Å². The molecular weight excluding hydrogens is 338 g/mol. The number of sulfonamides is 1. The number of nitrogens with zero attached hydrogens (tertiary/aromatic N) is 1. The van der Waals surface area contributed by atoms with E-state index in [0.29, 0.717) is 11.6 Å². The third kappa shape index (κ3) is 3.23. The van der Waals surface area contributed by atoms with E-state index in [2.05, 4.69) is 0 Å². The molecule has 0 amide bonds. The maximum Gasteiger partial charge on any atom is 0.243 e. The van der Waals surface area contributed by atoms with Crippen LogP contribution < -0.4 is 0 Å². The molecule has 2 aromatic rings. The Balaban J connectivity index is 2.01. The number of hydrogen-bond donors (Lipinski definition) is 0. The molecule has 1 saturated heterocycles. The second kappa shape index (κ2) is 6.71. The van der Waals surface area contributed by atoms with E-state index in [1.807, 2.05) is 17.5 Å². The van der Waals surface area contributed by atoms with Crippen LogP contribution in [0.4, 0.5) is 0 Å². The van der Waals surface area contributed by atoms with Crippen molar-refractivity contribution in [2.45, 2.75) is 36.6 Å². The van der Waals surface area contributed by atoms with Crippen LogP contribution in [0.1, 0.15) is 36.6 Å². The van der Waals surface area contributed by atoms with Crippen LogP contribution in [0.5, 0.6) is 0 Å². The van der Waals surface area contributed by atoms with Gasteiger partial charge in [0.2, 0.25) is 10.0 Å². The zero-order valence-corrected chi connectivity index (χ0v) is 14.5. The molecule has 1 aliphatic heterocycles. The van der Waals surface area contributed by atoms with Gasteiger partial charge in [0.1, 0.15) is 0 Å². The van der Waals surface area contributed by atoms with Gasteiger partial charge in [-0.1, -0.05) is 36.6 Å². The molecule has 1 aromatic carbocycles. The lowest BCUT2D eigenvalue weighted by molar-refractivity contribution is 0.333. The lowest BCUT2D eigenvalue weighted by atomic mass is 10.1. The highest BCUT2D eigenvalue weighted by molar-refractivity contribution is 7.89. The smallest absolute Gasteiger partial charge is 0.207 e. The second-order valence-electron chi connectivity index (χ2n) is 5.45. The lowest BCUT2D eigenvalue weighted by Gasteiger charge is -2.28. The van der Waals surface area contributed by atoms with Crippen LogP contribution >= 0.6 is 22.9 Å². The largest absolute Gasteiger partial charge is 0.243 e. The van der Waals surface area contributed by atoms with Crippen molar-refractivity contribution in [1.29, 1.82) is 0 Å². The van der Waals surface area contributed by atoms with Crippen LogP contribution in [0, 0.1) is 0 Å². The first-order chi connectivity index (χ1) is 10.6. The zero-order chi connectivity index (χ0) is 15.6. The topological polar surface area (TPSA) is 37.4 Å². The summed E-state index contributed by atoms with van der Waals surface area (Å²) in [4.78, 5) is 1.40. The maximum atomic E-state index is 13.1. The quantitative estimate of drug-likeness (QED) is 0.799. The fourth-order valence-corrected chi connectivity index (χ4v) is 5.81. The van der Waals surface area contributed by atoms with Gasteiger partial charge in [-0.05, 0) is 42.5 Å². The Morgan fingerprint density at radius 2 is 2.00 bits per heavy atom. The minimum absolute atomic E-state index is 0.0634. The van der Waals surface area contributed by atoms with E-state index in [9.17, 15) is 8.42 Å². The molecule has 0 aliphatic carbocycles. The van der Waals surface area contributed by atoms with Gasteiger partial charge >= 0.3 is 0 Å². The molecular formula is C16H18ClNO2S2. The molecule has 0 bridgehead atoms. The normalized spacial score (nSPS) is 20.7. The highest BCUT2D eigenvalue weighted by Crippen LogP contribution is 2.36. The molecule has 0 radical (unpaired) electrons. The summed E-state index contributed by atoms with van der Waals surface area (Å²) in [6.07, 6.45) is 3.91. The fourth-order valence-electron chi connectivity index (χ4n) is 2.90. The third-order valence-electron chi connectivity index (χ3n) is 3.98. The van der Waals surface area contributed by atoms with Crippen LogP contribution in [0.2, 0.25) is 5.02 Å². The summed E-state index contributed by atoms with van der Waals surface area (Å²) in [5.74, 6) is 0. The Bertz CT molecular complexity index is 728. The SMILES string of the molecule is O=S(=O)(c1cccc(Cl)c1)N1CCCCCC1c1cccs1. The van der Waals surface area contributed by atoms with Gasteiger partial charge in [0.05, 0.1) is 10.9 Å². The molecule has 6 heteroatoms. The zero-order valence-electron chi connectivity index (χ0n) is 12.1. The fraction of sp³-hybridized carbons (Fsp3) is 0.375. The van der Waals surface area contributed by atoms with Gasteiger partial charge in [0.25, 0.3) is 0 Å². The summed E-state index contributed by atoms with van der Waals surface area (Å²) in [7, 11) is -3.53. The predicted molar refractivity (Wildman–Crippen MR) is 90.9 cm³/mol. The van der Waals surface area contributed by atoms with E-state index in [1.165, 1.54) is 6.07 Å². The number of benzene rings is 1.